The van der Waals surface area contributed by atoms with Crippen LogP contribution < -0.4 is 10.9 Å². The van der Waals surface area contributed by atoms with Crippen LogP contribution in [0, 0.1) is 0 Å². The van der Waals surface area contributed by atoms with Crippen LogP contribution in [0.4, 0.5) is 0 Å². The standard InChI is InChI=1S/C17H21N3O2S/c21-16(13-20-10-2-1-7-17(20)22)18-12-14(15-6-5-11-23-15)19-8-3-4-9-19/h1-2,5-7,10-11,14H,3-4,8-9,12-13H2,(H,18,21). The topological polar surface area (TPSA) is 54.3 Å². The van der Waals surface area contributed by atoms with Crippen LogP contribution in [-0.2, 0) is 11.3 Å². The summed E-state index contributed by atoms with van der Waals surface area (Å²) in [6, 6.07) is 9.31. The smallest absolute Gasteiger partial charge is 0.250 e. The number of thiophene rings is 1. The quantitative estimate of drug-likeness (QED) is 0.879. The molecule has 23 heavy (non-hydrogen) atoms. The molecule has 5 nitrogen and oxygen atoms in total. The lowest BCUT2D eigenvalue weighted by atomic mass is 10.2. The lowest BCUT2D eigenvalue weighted by Gasteiger charge is -2.27. The number of amides is 1. The summed E-state index contributed by atoms with van der Waals surface area (Å²) in [6.07, 6.45) is 4.07. The van der Waals surface area contributed by atoms with E-state index in [2.05, 4.69) is 27.7 Å². The molecule has 6 heteroatoms. The number of nitrogens with zero attached hydrogens (tertiary/aromatic N) is 2. The molecule has 1 unspecified atom stereocenters. The van der Waals surface area contributed by atoms with Crippen molar-refractivity contribution in [2.24, 2.45) is 0 Å². The van der Waals surface area contributed by atoms with Gasteiger partial charge in [0.25, 0.3) is 5.56 Å². The zero-order chi connectivity index (χ0) is 16.1. The molecular formula is C17H21N3O2S. The molecule has 1 N–H and O–H groups in total. The minimum atomic E-state index is -0.156. The molecule has 1 atom stereocenters. The number of likely N-dealkylation sites (tertiary alicyclic amines) is 1. The van der Waals surface area contributed by atoms with Gasteiger partial charge in [0.1, 0.15) is 6.54 Å². The van der Waals surface area contributed by atoms with E-state index in [4.69, 9.17) is 0 Å². The van der Waals surface area contributed by atoms with Gasteiger partial charge in [-0.2, -0.15) is 0 Å². The van der Waals surface area contributed by atoms with Crippen molar-refractivity contribution in [1.82, 2.24) is 14.8 Å². The van der Waals surface area contributed by atoms with Gasteiger partial charge < -0.3 is 9.88 Å². The van der Waals surface area contributed by atoms with Gasteiger partial charge in [-0.15, -0.1) is 11.3 Å². The summed E-state index contributed by atoms with van der Waals surface area (Å²) in [4.78, 5) is 27.5. The van der Waals surface area contributed by atoms with E-state index < -0.39 is 0 Å². The van der Waals surface area contributed by atoms with Gasteiger partial charge in [-0.25, -0.2) is 0 Å². The van der Waals surface area contributed by atoms with Gasteiger partial charge in [-0.3, -0.25) is 14.5 Å². The minimum absolute atomic E-state index is 0.0663. The lowest BCUT2D eigenvalue weighted by Crippen LogP contribution is -2.38. The highest BCUT2D eigenvalue weighted by Gasteiger charge is 2.24. The molecule has 1 fully saturated rings. The van der Waals surface area contributed by atoms with E-state index in [1.165, 1.54) is 28.4 Å². The third-order valence-electron chi connectivity index (χ3n) is 4.16. The summed E-state index contributed by atoms with van der Waals surface area (Å²) in [5, 5.41) is 5.06. The maximum Gasteiger partial charge on any atom is 0.250 e. The highest BCUT2D eigenvalue weighted by Crippen LogP contribution is 2.27. The Hall–Kier alpha value is -1.92. The lowest BCUT2D eigenvalue weighted by molar-refractivity contribution is -0.121. The van der Waals surface area contributed by atoms with Gasteiger partial charge in [0.15, 0.2) is 0 Å². The molecule has 1 saturated heterocycles. The molecule has 1 aliphatic heterocycles. The fourth-order valence-corrected chi connectivity index (χ4v) is 3.82. The second-order valence-electron chi connectivity index (χ2n) is 5.75. The van der Waals surface area contributed by atoms with Crippen LogP contribution in [0.25, 0.3) is 0 Å². The van der Waals surface area contributed by atoms with Crippen molar-refractivity contribution in [3.63, 3.8) is 0 Å². The number of hydrogen-bond donors (Lipinski definition) is 1. The molecule has 0 radical (unpaired) electrons. The average molecular weight is 331 g/mol. The zero-order valence-corrected chi connectivity index (χ0v) is 13.8. The average Bonchev–Trinajstić information content (AvgIpc) is 3.23. The Morgan fingerprint density at radius 3 is 2.74 bits per heavy atom. The second-order valence-corrected chi connectivity index (χ2v) is 6.72. The molecular weight excluding hydrogens is 310 g/mol. The van der Waals surface area contributed by atoms with Crippen molar-refractivity contribution >= 4 is 17.2 Å². The molecule has 122 valence electrons. The number of pyridine rings is 1. The molecule has 3 heterocycles. The van der Waals surface area contributed by atoms with Crippen molar-refractivity contribution in [1.29, 1.82) is 0 Å². The molecule has 0 saturated carbocycles. The Morgan fingerprint density at radius 1 is 1.22 bits per heavy atom. The largest absolute Gasteiger partial charge is 0.353 e. The number of carbonyl (C=O) groups is 1. The van der Waals surface area contributed by atoms with Gasteiger partial charge in [0.2, 0.25) is 5.91 Å². The van der Waals surface area contributed by atoms with E-state index in [-0.39, 0.29) is 24.1 Å². The van der Waals surface area contributed by atoms with Crippen LogP contribution in [0.15, 0.2) is 46.7 Å². The summed E-state index contributed by atoms with van der Waals surface area (Å²) in [5.74, 6) is -0.126. The van der Waals surface area contributed by atoms with Crippen LogP contribution in [0.1, 0.15) is 23.8 Å². The van der Waals surface area contributed by atoms with Gasteiger partial charge in [-0.05, 0) is 43.4 Å². The number of hydrogen-bond acceptors (Lipinski definition) is 4. The maximum absolute atomic E-state index is 12.2. The van der Waals surface area contributed by atoms with Crippen LogP contribution >= 0.6 is 11.3 Å². The Morgan fingerprint density at radius 2 is 2.04 bits per heavy atom. The number of carbonyl (C=O) groups excluding carboxylic acids is 1. The first-order valence-corrected chi connectivity index (χ1v) is 8.81. The van der Waals surface area contributed by atoms with E-state index in [0.717, 1.165) is 13.1 Å². The predicted molar refractivity (Wildman–Crippen MR) is 91.6 cm³/mol. The van der Waals surface area contributed by atoms with Crippen LogP contribution in [0.3, 0.4) is 0 Å². The molecule has 0 spiro atoms. The monoisotopic (exact) mass is 331 g/mol. The summed E-state index contributed by atoms with van der Waals surface area (Å²) in [6.45, 7) is 2.81. The van der Waals surface area contributed by atoms with Gasteiger partial charge in [0, 0.05) is 23.7 Å². The third kappa shape index (κ3) is 4.09. The van der Waals surface area contributed by atoms with Crippen LogP contribution in [0.2, 0.25) is 0 Å². The van der Waals surface area contributed by atoms with E-state index in [1.807, 2.05) is 0 Å². The van der Waals surface area contributed by atoms with Crippen molar-refractivity contribution in [2.75, 3.05) is 19.6 Å². The maximum atomic E-state index is 12.2. The van der Waals surface area contributed by atoms with Crippen molar-refractivity contribution in [2.45, 2.75) is 25.4 Å². The highest BCUT2D eigenvalue weighted by molar-refractivity contribution is 7.10. The molecule has 0 aliphatic carbocycles. The summed E-state index contributed by atoms with van der Waals surface area (Å²) in [5.41, 5.74) is -0.156. The molecule has 2 aromatic heterocycles. The first-order valence-electron chi connectivity index (χ1n) is 7.93. The summed E-state index contributed by atoms with van der Waals surface area (Å²) >= 11 is 1.73. The molecule has 1 aliphatic rings. The molecule has 0 bridgehead atoms. The first kappa shape index (κ1) is 16.0. The highest BCUT2D eigenvalue weighted by atomic mass is 32.1. The Bertz CT molecular complexity index is 690. The van der Waals surface area contributed by atoms with Gasteiger partial charge >= 0.3 is 0 Å². The number of nitrogens with one attached hydrogen (secondary N) is 1. The van der Waals surface area contributed by atoms with E-state index in [0.29, 0.717) is 6.54 Å². The summed E-state index contributed by atoms with van der Waals surface area (Å²) < 4.78 is 1.42. The summed E-state index contributed by atoms with van der Waals surface area (Å²) in [7, 11) is 0. The van der Waals surface area contributed by atoms with E-state index >= 15 is 0 Å². The van der Waals surface area contributed by atoms with Crippen LogP contribution in [0.5, 0.6) is 0 Å². The fraction of sp³-hybridized carbons (Fsp3) is 0.412. The Balaban J connectivity index is 1.61. The van der Waals surface area contributed by atoms with Crippen molar-refractivity contribution < 1.29 is 4.79 Å². The van der Waals surface area contributed by atoms with Gasteiger partial charge in [-0.1, -0.05) is 12.1 Å². The van der Waals surface area contributed by atoms with Crippen LogP contribution in [-0.4, -0.2) is 35.0 Å². The molecule has 0 aromatic carbocycles. The first-order chi connectivity index (χ1) is 11.2. The second kappa shape index (κ2) is 7.57. The number of aromatic nitrogens is 1. The van der Waals surface area contributed by atoms with Gasteiger partial charge in [0.05, 0.1) is 6.04 Å². The third-order valence-corrected chi connectivity index (χ3v) is 5.13. The van der Waals surface area contributed by atoms with E-state index in [9.17, 15) is 9.59 Å². The zero-order valence-electron chi connectivity index (χ0n) is 13.0. The molecule has 3 rings (SSSR count). The minimum Gasteiger partial charge on any atom is -0.353 e. The Kier molecular flexibility index (Phi) is 5.25. The fourth-order valence-electron chi connectivity index (χ4n) is 2.96. The Labute approximate surface area is 139 Å². The normalized spacial score (nSPS) is 16.3. The molecule has 2 aromatic rings. The van der Waals surface area contributed by atoms with E-state index in [1.54, 1.807) is 29.7 Å². The van der Waals surface area contributed by atoms with Crippen molar-refractivity contribution in [3.8, 4) is 0 Å². The predicted octanol–water partition coefficient (Wildman–Crippen LogP) is 1.86. The SMILES string of the molecule is O=C(Cn1ccccc1=O)NCC(c1cccs1)N1CCCC1. The molecule has 1 amide bonds. The number of rotatable bonds is 6. The van der Waals surface area contributed by atoms with Crippen molar-refractivity contribution in [3.05, 3.63) is 57.1 Å².